The van der Waals surface area contributed by atoms with E-state index in [0.29, 0.717) is 37.6 Å². The second-order valence-corrected chi connectivity index (χ2v) is 5.92. The van der Waals surface area contributed by atoms with Gasteiger partial charge in [-0.15, -0.1) is 0 Å². The molecule has 2 fully saturated rings. The van der Waals surface area contributed by atoms with Gasteiger partial charge in [0.25, 0.3) is 0 Å². The number of rotatable bonds is 3. The van der Waals surface area contributed by atoms with E-state index < -0.39 is 11.9 Å². The maximum absolute atomic E-state index is 14.1. The fourth-order valence-electron chi connectivity index (χ4n) is 3.33. The highest BCUT2D eigenvalue weighted by Crippen LogP contribution is 2.41. The number of hydrogen-bond donors (Lipinski definition) is 1. The van der Waals surface area contributed by atoms with Crippen LogP contribution < -0.4 is 4.74 Å². The second-order valence-electron chi connectivity index (χ2n) is 5.92. The van der Waals surface area contributed by atoms with Crippen LogP contribution in [0.3, 0.4) is 0 Å². The molecule has 0 saturated carbocycles. The molecule has 4 nitrogen and oxygen atoms in total. The van der Waals surface area contributed by atoms with E-state index in [1.807, 2.05) is 0 Å². The summed E-state index contributed by atoms with van der Waals surface area (Å²) in [6, 6.07) is 4.59. The van der Waals surface area contributed by atoms with Crippen LogP contribution in [0.1, 0.15) is 30.9 Å². The van der Waals surface area contributed by atoms with Gasteiger partial charge >= 0.3 is 0 Å². The average molecular weight is 296 g/mol. The summed E-state index contributed by atoms with van der Waals surface area (Å²) in [5, 5.41) is 10.6. The van der Waals surface area contributed by atoms with E-state index in [1.165, 1.54) is 13.2 Å². The third-order valence-electron chi connectivity index (χ3n) is 4.57. The first-order chi connectivity index (χ1) is 10.1. The molecule has 3 atom stereocenters. The number of methoxy groups -OCH3 is 1. The van der Waals surface area contributed by atoms with Crippen LogP contribution in [0.2, 0.25) is 0 Å². The van der Waals surface area contributed by atoms with Gasteiger partial charge in [0.1, 0.15) is 11.6 Å². The highest BCUT2D eigenvalue weighted by Gasteiger charge is 2.43. The standard InChI is InChI=1S/C16H21FO4/c1-19-12-2-3-13(14(17)8-12)15(18)11-4-6-21-16(9-11)5-7-20-10-16/h2-3,8,11,15,18H,4-7,9-10H2,1H3. The van der Waals surface area contributed by atoms with Crippen LogP contribution in [0, 0.1) is 11.7 Å². The Morgan fingerprint density at radius 3 is 2.95 bits per heavy atom. The first-order valence-electron chi connectivity index (χ1n) is 7.37. The molecule has 1 N–H and O–H groups in total. The Labute approximate surface area is 123 Å². The Morgan fingerprint density at radius 2 is 2.29 bits per heavy atom. The normalized spacial score (nSPS) is 30.5. The van der Waals surface area contributed by atoms with E-state index in [9.17, 15) is 9.50 Å². The minimum atomic E-state index is -0.822. The first kappa shape index (κ1) is 14.8. The van der Waals surface area contributed by atoms with Gasteiger partial charge in [-0.2, -0.15) is 0 Å². The SMILES string of the molecule is COc1ccc(C(O)C2CCOC3(CCOC3)C2)c(F)c1. The summed E-state index contributed by atoms with van der Waals surface area (Å²) < 4.78 is 30.4. The van der Waals surface area contributed by atoms with Crippen LogP contribution in [0.5, 0.6) is 5.75 Å². The first-order valence-corrected chi connectivity index (χ1v) is 7.37. The summed E-state index contributed by atoms with van der Waals surface area (Å²) in [6.45, 7) is 1.85. The zero-order valence-corrected chi connectivity index (χ0v) is 12.2. The molecular formula is C16H21FO4. The minimum absolute atomic E-state index is 0.0108. The van der Waals surface area contributed by atoms with Gasteiger partial charge in [-0.1, -0.05) is 0 Å². The highest BCUT2D eigenvalue weighted by atomic mass is 19.1. The molecule has 2 saturated heterocycles. The zero-order chi connectivity index (χ0) is 14.9. The van der Waals surface area contributed by atoms with Crippen molar-refractivity contribution in [2.45, 2.75) is 31.0 Å². The van der Waals surface area contributed by atoms with E-state index in [-0.39, 0.29) is 11.5 Å². The summed E-state index contributed by atoms with van der Waals surface area (Å²) in [5.41, 5.74) is 0.0455. The molecule has 0 aliphatic carbocycles. The molecule has 2 aliphatic heterocycles. The summed E-state index contributed by atoms with van der Waals surface area (Å²) in [6.07, 6.45) is 1.47. The molecular weight excluding hydrogens is 275 g/mol. The Morgan fingerprint density at radius 1 is 1.43 bits per heavy atom. The number of aliphatic hydroxyl groups excluding tert-OH is 1. The molecule has 0 amide bonds. The summed E-state index contributed by atoms with van der Waals surface area (Å²) >= 11 is 0. The van der Waals surface area contributed by atoms with Gasteiger partial charge in [0, 0.05) is 31.3 Å². The number of benzene rings is 1. The van der Waals surface area contributed by atoms with Crippen LogP contribution in [-0.2, 0) is 9.47 Å². The number of aliphatic hydroxyl groups is 1. The van der Waals surface area contributed by atoms with E-state index in [1.54, 1.807) is 12.1 Å². The van der Waals surface area contributed by atoms with Crippen LogP contribution in [0.25, 0.3) is 0 Å². The molecule has 1 aromatic rings. The lowest BCUT2D eigenvalue weighted by Crippen LogP contribution is -2.42. The predicted molar refractivity (Wildman–Crippen MR) is 74.8 cm³/mol. The van der Waals surface area contributed by atoms with Gasteiger partial charge in [0.2, 0.25) is 0 Å². The lowest BCUT2D eigenvalue weighted by molar-refractivity contribution is -0.117. The van der Waals surface area contributed by atoms with E-state index in [2.05, 4.69) is 0 Å². The Kier molecular flexibility index (Phi) is 4.15. The maximum Gasteiger partial charge on any atom is 0.132 e. The number of ether oxygens (including phenoxy) is 3. The second kappa shape index (κ2) is 5.91. The minimum Gasteiger partial charge on any atom is -0.497 e. The van der Waals surface area contributed by atoms with Crippen molar-refractivity contribution in [2.24, 2.45) is 5.92 Å². The van der Waals surface area contributed by atoms with Crippen molar-refractivity contribution in [2.75, 3.05) is 26.9 Å². The fourth-order valence-corrected chi connectivity index (χ4v) is 3.33. The van der Waals surface area contributed by atoms with Gasteiger partial charge in [-0.25, -0.2) is 4.39 Å². The molecule has 0 radical (unpaired) electrons. The number of hydrogen-bond acceptors (Lipinski definition) is 4. The Balaban J connectivity index is 1.76. The van der Waals surface area contributed by atoms with Crippen molar-refractivity contribution >= 4 is 0 Å². The fraction of sp³-hybridized carbons (Fsp3) is 0.625. The van der Waals surface area contributed by atoms with Crippen molar-refractivity contribution in [3.05, 3.63) is 29.6 Å². The van der Waals surface area contributed by atoms with Crippen molar-refractivity contribution in [3.8, 4) is 5.75 Å². The molecule has 0 bridgehead atoms. The molecule has 116 valence electrons. The maximum atomic E-state index is 14.1. The van der Waals surface area contributed by atoms with Gasteiger partial charge in [-0.05, 0) is 30.9 Å². The smallest absolute Gasteiger partial charge is 0.132 e. The van der Waals surface area contributed by atoms with Crippen LogP contribution in [-0.4, -0.2) is 37.6 Å². The van der Waals surface area contributed by atoms with Gasteiger partial charge < -0.3 is 19.3 Å². The number of halogens is 1. The molecule has 1 spiro atoms. The van der Waals surface area contributed by atoms with Crippen molar-refractivity contribution < 1.29 is 23.7 Å². The van der Waals surface area contributed by atoms with E-state index >= 15 is 0 Å². The third-order valence-corrected chi connectivity index (χ3v) is 4.57. The lowest BCUT2D eigenvalue weighted by atomic mass is 9.80. The molecule has 0 aromatic heterocycles. The Bertz CT molecular complexity index is 499. The predicted octanol–water partition coefficient (Wildman–Crippen LogP) is 2.45. The average Bonchev–Trinajstić information content (AvgIpc) is 2.94. The zero-order valence-electron chi connectivity index (χ0n) is 12.2. The van der Waals surface area contributed by atoms with Gasteiger partial charge in [0.15, 0.2) is 0 Å². The molecule has 2 aliphatic rings. The van der Waals surface area contributed by atoms with Gasteiger partial charge in [0.05, 0.1) is 25.4 Å². The van der Waals surface area contributed by atoms with E-state index in [0.717, 1.165) is 12.8 Å². The third kappa shape index (κ3) is 2.91. The topological polar surface area (TPSA) is 47.9 Å². The van der Waals surface area contributed by atoms with Crippen LogP contribution in [0.15, 0.2) is 18.2 Å². The van der Waals surface area contributed by atoms with Crippen LogP contribution >= 0.6 is 0 Å². The largest absolute Gasteiger partial charge is 0.497 e. The lowest BCUT2D eigenvalue weighted by Gasteiger charge is -2.39. The summed E-state index contributed by atoms with van der Waals surface area (Å²) in [7, 11) is 1.49. The van der Waals surface area contributed by atoms with Crippen LogP contribution in [0.4, 0.5) is 4.39 Å². The quantitative estimate of drug-likeness (QED) is 0.931. The molecule has 2 heterocycles. The monoisotopic (exact) mass is 296 g/mol. The Hall–Kier alpha value is -1.17. The van der Waals surface area contributed by atoms with Crippen molar-refractivity contribution in [3.63, 3.8) is 0 Å². The molecule has 3 unspecified atom stereocenters. The highest BCUT2D eigenvalue weighted by molar-refractivity contribution is 5.30. The molecule has 5 heteroatoms. The molecule has 21 heavy (non-hydrogen) atoms. The van der Waals surface area contributed by atoms with E-state index in [4.69, 9.17) is 14.2 Å². The van der Waals surface area contributed by atoms with Crippen molar-refractivity contribution in [1.82, 2.24) is 0 Å². The van der Waals surface area contributed by atoms with Crippen molar-refractivity contribution in [1.29, 1.82) is 0 Å². The summed E-state index contributed by atoms with van der Waals surface area (Å²) in [4.78, 5) is 0. The molecule has 1 aromatic carbocycles. The summed E-state index contributed by atoms with van der Waals surface area (Å²) in [5.74, 6) is 0.0181. The van der Waals surface area contributed by atoms with Gasteiger partial charge in [-0.3, -0.25) is 0 Å². The molecule has 3 rings (SSSR count).